The Morgan fingerprint density at radius 1 is 0.794 bits per heavy atom. The summed E-state index contributed by atoms with van der Waals surface area (Å²) >= 11 is 4.21. The second-order valence-electron chi connectivity index (χ2n) is 8.44. The first kappa shape index (κ1) is 31.5. The lowest BCUT2D eigenvalue weighted by atomic mass is 9.99. The van der Waals surface area contributed by atoms with Crippen LogP contribution in [0.3, 0.4) is 0 Å². The minimum absolute atomic E-state index is 0.0546. The molecule has 1 aliphatic rings. The van der Waals surface area contributed by atoms with Crippen molar-refractivity contribution < 1.29 is 44.2 Å². The van der Waals surface area contributed by atoms with Crippen LogP contribution in [0.1, 0.15) is 57.8 Å². The molecule has 1 aliphatic heterocycles. The molecule has 10 nitrogen and oxygen atoms in total. The highest BCUT2D eigenvalue weighted by Gasteiger charge is 2.43. The van der Waals surface area contributed by atoms with Gasteiger partial charge in [0.2, 0.25) is 5.91 Å². The van der Waals surface area contributed by atoms with Crippen LogP contribution < -0.4 is 5.32 Å². The molecule has 0 bridgehead atoms. The van der Waals surface area contributed by atoms with Gasteiger partial charge in [-0.3, -0.25) is 4.79 Å². The van der Waals surface area contributed by atoms with Crippen molar-refractivity contribution in [3.8, 4) is 0 Å². The zero-order chi connectivity index (χ0) is 25.0. The summed E-state index contributed by atoms with van der Waals surface area (Å²) in [7, 11) is 0. The number of nitrogens with one attached hydrogen (secondary N) is 1. The lowest BCUT2D eigenvalue weighted by Crippen LogP contribution is -2.59. The molecular formula is C23H45NO9S. The summed E-state index contributed by atoms with van der Waals surface area (Å²) in [5, 5.41) is 41.3. The van der Waals surface area contributed by atoms with Gasteiger partial charge < -0.3 is 44.7 Å². The maximum absolute atomic E-state index is 11.8. The molecule has 0 aromatic heterocycles. The maximum atomic E-state index is 11.8. The quantitative estimate of drug-likeness (QED) is 0.0951. The third-order valence-corrected chi connectivity index (χ3v) is 5.93. The van der Waals surface area contributed by atoms with Crippen molar-refractivity contribution >= 4 is 18.5 Å². The highest BCUT2D eigenvalue weighted by atomic mass is 32.1. The number of hydrogen-bond donors (Lipinski definition) is 6. The molecule has 0 unspecified atom stereocenters. The molecule has 1 amide bonds. The minimum atomic E-state index is -1.46. The van der Waals surface area contributed by atoms with E-state index in [4.69, 9.17) is 24.1 Å². The zero-order valence-electron chi connectivity index (χ0n) is 20.2. The predicted molar refractivity (Wildman–Crippen MR) is 130 cm³/mol. The van der Waals surface area contributed by atoms with Gasteiger partial charge in [0, 0.05) is 13.0 Å². The van der Waals surface area contributed by atoms with Gasteiger partial charge in [0.15, 0.2) is 6.29 Å². The number of thiol groups is 1. The molecule has 11 heteroatoms. The van der Waals surface area contributed by atoms with Crippen molar-refractivity contribution in [2.45, 2.75) is 88.5 Å². The van der Waals surface area contributed by atoms with E-state index in [0.717, 1.165) is 18.6 Å². The van der Waals surface area contributed by atoms with Gasteiger partial charge in [0.1, 0.15) is 24.4 Å². The first-order valence-corrected chi connectivity index (χ1v) is 13.1. The van der Waals surface area contributed by atoms with Crippen LogP contribution in [0.2, 0.25) is 0 Å². The van der Waals surface area contributed by atoms with E-state index < -0.39 is 37.3 Å². The molecular weight excluding hydrogens is 466 g/mol. The van der Waals surface area contributed by atoms with Crippen LogP contribution in [0.4, 0.5) is 0 Å². The first-order chi connectivity index (χ1) is 16.5. The molecule has 1 fully saturated rings. The lowest BCUT2D eigenvalue weighted by Gasteiger charge is -2.39. The molecule has 0 radical (unpaired) electrons. The van der Waals surface area contributed by atoms with Gasteiger partial charge in [-0.25, -0.2) is 0 Å². The summed E-state index contributed by atoms with van der Waals surface area (Å²) < 4.78 is 21.3. The lowest BCUT2D eigenvalue weighted by molar-refractivity contribution is -0.302. The standard InChI is InChI=1S/C23H45NO9S/c25-17-18-20(27)21(28)22(29)23(33-18)32-15-14-31-13-12-30-11-10-24-19(26)9-7-5-3-1-2-4-6-8-16-34/h18,20-23,25,27-29,34H,1-17H2,(H,24,26)/t18-,20-,21+,22+,23+/m1/s1. The molecule has 1 saturated heterocycles. The zero-order valence-corrected chi connectivity index (χ0v) is 21.1. The van der Waals surface area contributed by atoms with Gasteiger partial charge in [0.25, 0.3) is 0 Å². The molecule has 0 aromatic carbocycles. The highest BCUT2D eigenvalue weighted by Crippen LogP contribution is 2.21. The number of rotatable bonds is 21. The number of amides is 1. The average Bonchev–Trinajstić information content (AvgIpc) is 2.84. The molecule has 1 heterocycles. The number of carbonyl (C=O) groups excluding carboxylic acids is 1. The molecule has 5 atom stereocenters. The maximum Gasteiger partial charge on any atom is 0.220 e. The van der Waals surface area contributed by atoms with E-state index >= 15 is 0 Å². The smallest absolute Gasteiger partial charge is 0.220 e. The van der Waals surface area contributed by atoms with E-state index in [2.05, 4.69) is 17.9 Å². The third kappa shape index (κ3) is 14.2. The predicted octanol–water partition coefficient (Wildman–Crippen LogP) is 0.393. The summed E-state index contributed by atoms with van der Waals surface area (Å²) in [5.74, 6) is 1.03. The van der Waals surface area contributed by atoms with Crippen LogP contribution in [0.5, 0.6) is 0 Å². The summed E-state index contributed by atoms with van der Waals surface area (Å²) in [5.41, 5.74) is 0. The van der Waals surface area contributed by atoms with Gasteiger partial charge >= 0.3 is 0 Å². The fourth-order valence-corrected chi connectivity index (χ4v) is 3.78. The Balaban J connectivity index is 1.87. The SMILES string of the molecule is O=C(CCCCCCCCCCS)NCCOCCOCCO[C@H]1O[C@H](CO)[C@@H](O)[C@H](O)[C@@H]1O. The topological polar surface area (TPSA) is 147 Å². The second kappa shape index (κ2) is 20.7. The monoisotopic (exact) mass is 511 g/mol. The van der Waals surface area contributed by atoms with Crippen LogP contribution in [0, 0.1) is 0 Å². The number of aliphatic hydroxyl groups excluding tert-OH is 4. The van der Waals surface area contributed by atoms with Crippen LogP contribution >= 0.6 is 12.6 Å². The van der Waals surface area contributed by atoms with E-state index in [9.17, 15) is 20.1 Å². The van der Waals surface area contributed by atoms with Crippen molar-refractivity contribution in [1.82, 2.24) is 5.32 Å². The number of unbranched alkanes of at least 4 members (excludes halogenated alkanes) is 7. The fraction of sp³-hybridized carbons (Fsp3) is 0.957. The Hall–Kier alpha value is -0.500. The summed E-state index contributed by atoms with van der Waals surface area (Å²) in [6.45, 7) is 1.37. The molecule has 0 aliphatic carbocycles. The molecule has 1 rings (SSSR count). The van der Waals surface area contributed by atoms with Gasteiger partial charge in [-0.15, -0.1) is 0 Å². The van der Waals surface area contributed by atoms with Gasteiger partial charge in [0.05, 0.1) is 39.6 Å². The summed E-state index contributed by atoms with van der Waals surface area (Å²) in [4.78, 5) is 11.8. The van der Waals surface area contributed by atoms with Crippen LogP contribution in [0.25, 0.3) is 0 Å². The Bertz CT molecular complexity index is 501. The molecule has 34 heavy (non-hydrogen) atoms. The summed E-state index contributed by atoms with van der Waals surface area (Å²) in [6, 6.07) is 0. The Labute approximate surface area is 208 Å². The molecule has 0 aromatic rings. The van der Waals surface area contributed by atoms with E-state index in [1.165, 1.54) is 38.5 Å². The van der Waals surface area contributed by atoms with Crippen molar-refractivity contribution in [2.75, 3.05) is 51.9 Å². The van der Waals surface area contributed by atoms with Gasteiger partial charge in [-0.2, -0.15) is 12.6 Å². The summed E-state index contributed by atoms with van der Waals surface area (Å²) in [6.07, 6.45) is 3.54. The Morgan fingerprint density at radius 2 is 1.38 bits per heavy atom. The third-order valence-electron chi connectivity index (χ3n) is 5.61. The van der Waals surface area contributed by atoms with Crippen molar-refractivity contribution in [1.29, 1.82) is 0 Å². The molecule has 5 N–H and O–H groups in total. The Kier molecular flexibility index (Phi) is 19.2. The second-order valence-corrected chi connectivity index (χ2v) is 8.89. The van der Waals surface area contributed by atoms with Crippen LogP contribution in [0.15, 0.2) is 0 Å². The Morgan fingerprint density at radius 3 is 2.03 bits per heavy atom. The molecule has 0 spiro atoms. The minimum Gasteiger partial charge on any atom is -0.394 e. The molecule has 202 valence electrons. The van der Waals surface area contributed by atoms with Crippen molar-refractivity contribution in [3.63, 3.8) is 0 Å². The number of carbonyl (C=O) groups is 1. The van der Waals surface area contributed by atoms with E-state index in [0.29, 0.717) is 32.8 Å². The highest BCUT2D eigenvalue weighted by molar-refractivity contribution is 7.80. The number of aliphatic hydroxyl groups is 4. The number of ether oxygens (including phenoxy) is 4. The van der Waals surface area contributed by atoms with Crippen molar-refractivity contribution in [3.05, 3.63) is 0 Å². The van der Waals surface area contributed by atoms with E-state index in [-0.39, 0.29) is 19.1 Å². The molecule has 0 saturated carbocycles. The van der Waals surface area contributed by atoms with E-state index in [1.807, 2.05) is 0 Å². The normalized spacial score (nSPS) is 24.9. The van der Waals surface area contributed by atoms with Gasteiger partial charge in [-0.05, 0) is 18.6 Å². The van der Waals surface area contributed by atoms with Gasteiger partial charge in [-0.1, -0.05) is 38.5 Å². The average molecular weight is 512 g/mol. The largest absolute Gasteiger partial charge is 0.394 e. The van der Waals surface area contributed by atoms with Crippen molar-refractivity contribution in [2.24, 2.45) is 0 Å². The fourth-order valence-electron chi connectivity index (χ4n) is 3.56. The first-order valence-electron chi connectivity index (χ1n) is 12.5. The van der Waals surface area contributed by atoms with E-state index in [1.54, 1.807) is 0 Å². The van der Waals surface area contributed by atoms with Crippen LogP contribution in [-0.4, -0.2) is 109 Å². The van der Waals surface area contributed by atoms with Crippen LogP contribution in [-0.2, 0) is 23.7 Å². The number of hydrogen-bond acceptors (Lipinski definition) is 10.